The summed E-state index contributed by atoms with van der Waals surface area (Å²) in [6.07, 6.45) is 0.0870. The van der Waals surface area contributed by atoms with Gasteiger partial charge in [-0.3, -0.25) is 14.4 Å². The molecule has 0 spiro atoms. The lowest BCUT2D eigenvalue weighted by Crippen LogP contribution is -2.41. The fraction of sp³-hybridized carbons (Fsp3) is 0.250. The highest BCUT2D eigenvalue weighted by molar-refractivity contribution is 6.05. The average Bonchev–Trinajstić information content (AvgIpc) is 2.76. The van der Waals surface area contributed by atoms with Crippen LogP contribution in [0.3, 0.4) is 0 Å². The number of para-hydroxylation sites is 2. The molecule has 0 aliphatic carbocycles. The summed E-state index contributed by atoms with van der Waals surface area (Å²) in [5.41, 5.74) is 1.70. The molecule has 2 amide bonds. The number of nitrogens with one attached hydrogen (secondary N) is 1. The molecule has 0 aromatic heterocycles. The van der Waals surface area contributed by atoms with Crippen LogP contribution in [0.4, 0.5) is 15.8 Å². The van der Waals surface area contributed by atoms with E-state index in [0.717, 1.165) is 0 Å². The molecule has 0 bridgehead atoms. The van der Waals surface area contributed by atoms with E-state index in [4.69, 9.17) is 4.74 Å². The molecule has 1 N–H and O–H groups in total. The zero-order valence-electron chi connectivity index (χ0n) is 14.8. The Hall–Kier alpha value is -3.22. The highest BCUT2D eigenvalue weighted by Gasteiger charge is 2.30. The lowest BCUT2D eigenvalue weighted by molar-refractivity contribution is -0.147. The molecule has 1 aliphatic rings. The molecular weight excluding hydrogens is 351 g/mol. The van der Waals surface area contributed by atoms with Crippen LogP contribution < -0.4 is 10.2 Å². The van der Waals surface area contributed by atoms with Gasteiger partial charge in [0.25, 0.3) is 5.91 Å². The summed E-state index contributed by atoms with van der Waals surface area (Å²) in [6, 6.07) is 12.1. The average molecular weight is 370 g/mol. The third-order valence-corrected chi connectivity index (χ3v) is 4.25. The normalized spacial score (nSPS) is 16.1. The zero-order chi connectivity index (χ0) is 19.4. The number of benzene rings is 2. The minimum atomic E-state index is -0.583. The first kappa shape index (κ1) is 18.6. The number of fused-ring (bicyclic) bond motifs is 1. The van der Waals surface area contributed by atoms with Crippen LogP contribution in [-0.2, 0) is 25.5 Å². The summed E-state index contributed by atoms with van der Waals surface area (Å²) in [4.78, 5) is 38.1. The van der Waals surface area contributed by atoms with Crippen LogP contribution in [0.2, 0.25) is 0 Å². The lowest BCUT2D eigenvalue weighted by atomic mass is 10.1. The smallest absolute Gasteiger partial charge is 0.310 e. The van der Waals surface area contributed by atoms with Crippen molar-refractivity contribution in [2.45, 2.75) is 25.8 Å². The molecule has 140 valence electrons. The van der Waals surface area contributed by atoms with Crippen LogP contribution in [-0.4, -0.2) is 30.4 Å². The number of halogens is 1. The van der Waals surface area contributed by atoms with Crippen molar-refractivity contribution >= 4 is 29.2 Å². The third-order valence-electron chi connectivity index (χ3n) is 4.25. The highest BCUT2D eigenvalue weighted by Crippen LogP contribution is 2.31. The molecule has 1 heterocycles. The van der Waals surface area contributed by atoms with Gasteiger partial charge in [-0.25, -0.2) is 4.39 Å². The molecule has 1 atom stereocenters. The maximum atomic E-state index is 12.9. The number of nitrogens with zero attached hydrogens (tertiary/aromatic N) is 1. The van der Waals surface area contributed by atoms with Gasteiger partial charge in [0.1, 0.15) is 5.82 Å². The molecule has 6 nitrogen and oxygen atoms in total. The molecule has 2 aromatic carbocycles. The zero-order valence-corrected chi connectivity index (χ0v) is 14.8. The van der Waals surface area contributed by atoms with Gasteiger partial charge in [-0.05, 0) is 36.8 Å². The van der Waals surface area contributed by atoms with Crippen LogP contribution >= 0.6 is 0 Å². The number of carbonyl (C=O) groups is 3. The number of ether oxygens (including phenoxy) is 1. The minimum Gasteiger partial charge on any atom is -0.455 e. The highest BCUT2D eigenvalue weighted by atomic mass is 19.1. The molecule has 1 unspecified atom stereocenters. The van der Waals surface area contributed by atoms with Gasteiger partial charge in [-0.1, -0.05) is 24.3 Å². The summed E-state index contributed by atoms with van der Waals surface area (Å²) in [7, 11) is 0. The van der Waals surface area contributed by atoms with Gasteiger partial charge < -0.3 is 15.0 Å². The van der Waals surface area contributed by atoms with Crippen molar-refractivity contribution in [3.8, 4) is 0 Å². The molecule has 0 fully saturated rings. The van der Waals surface area contributed by atoms with Crippen molar-refractivity contribution in [3.05, 3.63) is 59.9 Å². The number of rotatable bonds is 4. The number of hydrogen-bond donors (Lipinski definition) is 1. The molecule has 0 saturated heterocycles. The Morgan fingerprint density at radius 3 is 2.63 bits per heavy atom. The third kappa shape index (κ3) is 4.49. The summed E-state index contributed by atoms with van der Waals surface area (Å²) < 4.78 is 18.0. The maximum absolute atomic E-state index is 12.9. The number of esters is 1. The summed E-state index contributed by atoms with van der Waals surface area (Å²) >= 11 is 0. The Balaban J connectivity index is 1.67. The quantitative estimate of drug-likeness (QED) is 0.840. The fourth-order valence-corrected chi connectivity index (χ4v) is 3.00. The van der Waals surface area contributed by atoms with Gasteiger partial charge >= 0.3 is 5.97 Å². The van der Waals surface area contributed by atoms with Gasteiger partial charge in [0, 0.05) is 12.5 Å². The molecule has 0 radical (unpaired) electrons. The van der Waals surface area contributed by atoms with Crippen molar-refractivity contribution in [2.75, 3.05) is 16.8 Å². The second kappa shape index (κ2) is 7.99. The van der Waals surface area contributed by atoms with E-state index < -0.39 is 18.5 Å². The summed E-state index contributed by atoms with van der Waals surface area (Å²) in [6.45, 7) is 1.33. The van der Waals surface area contributed by atoms with E-state index in [0.29, 0.717) is 16.9 Å². The maximum Gasteiger partial charge on any atom is 0.310 e. The predicted molar refractivity (Wildman–Crippen MR) is 97.7 cm³/mol. The van der Waals surface area contributed by atoms with E-state index in [2.05, 4.69) is 5.32 Å². The standard InChI is InChI=1S/C20H19FN2O4/c1-13-10-18(24)22-16-4-2-3-5-17(16)23(13)19(25)12-27-20(26)11-14-6-8-15(21)9-7-14/h2-9,13H,10-12H2,1H3,(H,22,24). The summed E-state index contributed by atoms with van der Waals surface area (Å²) in [5, 5.41) is 2.77. The van der Waals surface area contributed by atoms with Gasteiger partial charge in [-0.2, -0.15) is 0 Å². The van der Waals surface area contributed by atoms with Crippen LogP contribution in [0.25, 0.3) is 0 Å². The van der Waals surface area contributed by atoms with E-state index in [1.54, 1.807) is 31.2 Å². The number of hydrogen-bond acceptors (Lipinski definition) is 4. The first-order chi connectivity index (χ1) is 12.9. The number of anilines is 2. The number of carbonyl (C=O) groups excluding carboxylic acids is 3. The van der Waals surface area contributed by atoms with Crippen LogP contribution in [0.1, 0.15) is 18.9 Å². The SMILES string of the molecule is CC1CC(=O)Nc2ccccc2N1C(=O)COC(=O)Cc1ccc(F)cc1. The van der Waals surface area contributed by atoms with Crippen LogP contribution in [0.5, 0.6) is 0 Å². The molecule has 3 rings (SSSR count). The van der Waals surface area contributed by atoms with Crippen molar-refractivity contribution in [3.63, 3.8) is 0 Å². The second-order valence-electron chi connectivity index (χ2n) is 6.35. The number of amides is 2. The molecule has 2 aromatic rings. The Morgan fingerprint density at radius 2 is 1.89 bits per heavy atom. The van der Waals surface area contributed by atoms with Gasteiger partial charge in [-0.15, -0.1) is 0 Å². The Morgan fingerprint density at radius 1 is 1.19 bits per heavy atom. The van der Waals surface area contributed by atoms with E-state index in [1.807, 2.05) is 0 Å². The van der Waals surface area contributed by atoms with E-state index >= 15 is 0 Å². The van der Waals surface area contributed by atoms with E-state index in [1.165, 1.54) is 29.2 Å². The predicted octanol–water partition coefficient (Wildman–Crippen LogP) is 2.68. The molecule has 7 heteroatoms. The first-order valence-corrected chi connectivity index (χ1v) is 8.55. The topological polar surface area (TPSA) is 75.7 Å². The van der Waals surface area contributed by atoms with Crippen LogP contribution in [0, 0.1) is 5.82 Å². The largest absolute Gasteiger partial charge is 0.455 e. The Kier molecular flexibility index (Phi) is 5.49. The lowest BCUT2D eigenvalue weighted by Gasteiger charge is -2.27. The van der Waals surface area contributed by atoms with E-state index in [9.17, 15) is 18.8 Å². The van der Waals surface area contributed by atoms with Crippen molar-refractivity contribution in [1.82, 2.24) is 0 Å². The van der Waals surface area contributed by atoms with Gasteiger partial charge in [0.2, 0.25) is 5.91 Å². The molecule has 1 aliphatic heterocycles. The molecule has 0 saturated carbocycles. The fourth-order valence-electron chi connectivity index (χ4n) is 3.00. The summed E-state index contributed by atoms with van der Waals surface area (Å²) in [5.74, 6) is -1.57. The minimum absolute atomic E-state index is 0.0558. The first-order valence-electron chi connectivity index (χ1n) is 8.55. The van der Waals surface area contributed by atoms with Crippen molar-refractivity contribution in [1.29, 1.82) is 0 Å². The Bertz CT molecular complexity index is 867. The molecular formula is C20H19FN2O4. The molecule has 27 heavy (non-hydrogen) atoms. The van der Waals surface area contributed by atoms with Crippen LogP contribution in [0.15, 0.2) is 48.5 Å². The Labute approximate surface area is 155 Å². The second-order valence-corrected chi connectivity index (χ2v) is 6.35. The monoisotopic (exact) mass is 370 g/mol. The van der Waals surface area contributed by atoms with Crippen molar-refractivity contribution < 1.29 is 23.5 Å². The van der Waals surface area contributed by atoms with Gasteiger partial charge in [0.15, 0.2) is 6.61 Å². The van der Waals surface area contributed by atoms with Gasteiger partial charge in [0.05, 0.1) is 17.8 Å². The van der Waals surface area contributed by atoms with E-state index in [-0.39, 0.29) is 30.6 Å². The van der Waals surface area contributed by atoms with Crippen molar-refractivity contribution in [2.24, 2.45) is 0 Å².